The Morgan fingerprint density at radius 2 is 1.95 bits per heavy atom. The molecule has 0 aliphatic carbocycles. The van der Waals surface area contributed by atoms with Crippen molar-refractivity contribution in [3.8, 4) is 0 Å². The molecule has 0 aromatic heterocycles. The molecule has 1 rings (SSSR count). The highest BCUT2D eigenvalue weighted by atomic mass is 32.2. The zero-order chi connectivity index (χ0) is 15.0. The molecule has 0 unspecified atom stereocenters. The number of hydroxylamine groups is 2. The van der Waals surface area contributed by atoms with Crippen molar-refractivity contribution >= 4 is 15.9 Å². The van der Waals surface area contributed by atoms with E-state index in [-0.39, 0.29) is 24.8 Å². The molecule has 0 aliphatic heterocycles. The zero-order valence-corrected chi connectivity index (χ0v) is 12.5. The van der Waals surface area contributed by atoms with Crippen molar-refractivity contribution in [1.29, 1.82) is 0 Å². The van der Waals surface area contributed by atoms with Crippen LogP contribution in [0, 0.1) is 0 Å². The number of amides is 1. The maximum absolute atomic E-state index is 11.4. The number of nitrogens with zero attached hydrogens (tertiary/aromatic N) is 1. The minimum absolute atomic E-state index is 0.0397. The van der Waals surface area contributed by atoms with E-state index in [4.69, 9.17) is 4.84 Å². The van der Waals surface area contributed by atoms with Gasteiger partial charge in [0.15, 0.2) is 0 Å². The summed E-state index contributed by atoms with van der Waals surface area (Å²) in [7, 11) is -1.89. The van der Waals surface area contributed by atoms with Gasteiger partial charge < -0.3 is 0 Å². The first-order chi connectivity index (χ1) is 9.44. The van der Waals surface area contributed by atoms with Gasteiger partial charge in [-0.25, -0.2) is 18.2 Å². The average molecular weight is 300 g/mol. The van der Waals surface area contributed by atoms with Crippen molar-refractivity contribution < 1.29 is 18.0 Å². The van der Waals surface area contributed by atoms with Gasteiger partial charge in [-0.3, -0.25) is 9.63 Å². The predicted octanol–water partition coefficient (Wildman–Crippen LogP) is 0.906. The molecule has 1 N–H and O–H groups in total. The first-order valence-electron chi connectivity index (χ1n) is 6.31. The summed E-state index contributed by atoms with van der Waals surface area (Å²) in [5.41, 5.74) is 0.946. The van der Waals surface area contributed by atoms with Crippen LogP contribution in [0.4, 0.5) is 0 Å². The van der Waals surface area contributed by atoms with E-state index in [0.717, 1.165) is 5.56 Å². The van der Waals surface area contributed by atoms with Gasteiger partial charge in [-0.05, 0) is 19.0 Å². The summed E-state index contributed by atoms with van der Waals surface area (Å²) >= 11 is 0. The predicted molar refractivity (Wildman–Crippen MR) is 76.1 cm³/mol. The SMILES string of the molecule is CNS(=O)(=O)CCCN(OCc1ccccc1)C(C)=O. The third kappa shape index (κ3) is 6.14. The Bertz CT molecular complexity index is 516. The molecule has 1 amide bonds. The van der Waals surface area contributed by atoms with Gasteiger partial charge in [-0.1, -0.05) is 30.3 Å². The van der Waals surface area contributed by atoms with Gasteiger partial charge in [0.25, 0.3) is 0 Å². The summed E-state index contributed by atoms with van der Waals surface area (Å²) in [6, 6.07) is 9.45. The van der Waals surface area contributed by atoms with E-state index >= 15 is 0 Å². The summed E-state index contributed by atoms with van der Waals surface area (Å²) in [6.45, 7) is 1.90. The van der Waals surface area contributed by atoms with Crippen LogP contribution in [0.5, 0.6) is 0 Å². The van der Waals surface area contributed by atoms with Gasteiger partial charge in [-0.15, -0.1) is 0 Å². The van der Waals surface area contributed by atoms with Crippen LogP contribution in [0.1, 0.15) is 18.9 Å². The highest BCUT2D eigenvalue weighted by Gasteiger charge is 2.12. The fourth-order valence-electron chi connectivity index (χ4n) is 1.54. The van der Waals surface area contributed by atoms with E-state index in [1.54, 1.807) is 0 Å². The van der Waals surface area contributed by atoms with E-state index in [0.29, 0.717) is 6.42 Å². The number of hydrogen-bond acceptors (Lipinski definition) is 4. The topological polar surface area (TPSA) is 75.7 Å². The minimum Gasteiger partial charge on any atom is -0.273 e. The van der Waals surface area contributed by atoms with Gasteiger partial charge in [0.1, 0.15) is 6.61 Å². The lowest BCUT2D eigenvalue weighted by atomic mass is 10.2. The third-order valence-electron chi connectivity index (χ3n) is 2.67. The quantitative estimate of drug-likeness (QED) is 0.724. The highest BCUT2D eigenvalue weighted by molar-refractivity contribution is 7.89. The molecule has 112 valence electrons. The summed E-state index contributed by atoms with van der Waals surface area (Å²) in [4.78, 5) is 16.8. The van der Waals surface area contributed by atoms with Crippen LogP contribution in [-0.2, 0) is 26.3 Å². The molecule has 0 saturated heterocycles. The van der Waals surface area contributed by atoms with Crippen LogP contribution in [0.15, 0.2) is 30.3 Å². The average Bonchev–Trinajstić information content (AvgIpc) is 2.43. The van der Waals surface area contributed by atoms with Crippen LogP contribution in [0.3, 0.4) is 0 Å². The number of sulfonamides is 1. The molecule has 0 atom stereocenters. The number of rotatable bonds is 8. The van der Waals surface area contributed by atoms with Crippen molar-refractivity contribution in [1.82, 2.24) is 9.79 Å². The number of hydrogen-bond donors (Lipinski definition) is 1. The van der Waals surface area contributed by atoms with Crippen LogP contribution in [-0.4, -0.2) is 38.7 Å². The lowest BCUT2D eigenvalue weighted by Gasteiger charge is -2.20. The van der Waals surface area contributed by atoms with Crippen molar-refractivity contribution in [2.45, 2.75) is 20.0 Å². The number of carbonyl (C=O) groups excluding carboxylic acids is 1. The molecule has 7 heteroatoms. The normalized spacial score (nSPS) is 11.3. The molecule has 0 saturated carbocycles. The lowest BCUT2D eigenvalue weighted by Crippen LogP contribution is -2.32. The fourth-order valence-corrected chi connectivity index (χ4v) is 2.25. The van der Waals surface area contributed by atoms with E-state index in [9.17, 15) is 13.2 Å². The largest absolute Gasteiger partial charge is 0.273 e. The molecule has 0 aliphatic rings. The van der Waals surface area contributed by atoms with Gasteiger partial charge in [0.05, 0.1) is 5.75 Å². The van der Waals surface area contributed by atoms with Gasteiger partial charge in [0.2, 0.25) is 15.9 Å². The van der Waals surface area contributed by atoms with E-state index in [1.165, 1.54) is 19.0 Å². The third-order valence-corrected chi connectivity index (χ3v) is 4.11. The standard InChI is InChI=1S/C13H20N2O4S/c1-12(16)15(9-6-10-20(17,18)14-2)19-11-13-7-4-3-5-8-13/h3-5,7-8,14H,6,9-11H2,1-2H3. The molecule has 0 fully saturated rings. The second kappa shape index (κ2) is 7.98. The van der Waals surface area contributed by atoms with E-state index < -0.39 is 10.0 Å². The van der Waals surface area contributed by atoms with E-state index in [1.807, 2.05) is 30.3 Å². The number of carbonyl (C=O) groups is 1. The Kier molecular flexibility index (Phi) is 6.63. The Balaban J connectivity index is 2.43. The first-order valence-corrected chi connectivity index (χ1v) is 7.96. The molecule has 0 radical (unpaired) electrons. The maximum atomic E-state index is 11.4. The van der Waals surface area contributed by atoms with Crippen LogP contribution in [0.2, 0.25) is 0 Å². The monoisotopic (exact) mass is 300 g/mol. The first kappa shape index (κ1) is 16.6. The van der Waals surface area contributed by atoms with Crippen molar-refractivity contribution in [2.75, 3.05) is 19.3 Å². The Labute approximate surface area is 119 Å². The Morgan fingerprint density at radius 1 is 1.30 bits per heavy atom. The molecule has 0 heterocycles. The van der Waals surface area contributed by atoms with Gasteiger partial charge >= 0.3 is 0 Å². The molecular weight excluding hydrogens is 280 g/mol. The molecule has 20 heavy (non-hydrogen) atoms. The highest BCUT2D eigenvalue weighted by Crippen LogP contribution is 2.04. The minimum atomic E-state index is -3.25. The molecule has 1 aromatic carbocycles. The van der Waals surface area contributed by atoms with Crippen LogP contribution in [0.25, 0.3) is 0 Å². The maximum Gasteiger partial charge on any atom is 0.243 e. The number of benzene rings is 1. The molecular formula is C13H20N2O4S. The second-order valence-corrected chi connectivity index (χ2v) is 6.30. The zero-order valence-electron chi connectivity index (χ0n) is 11.7. The smallest absolute Gasteiger partial charge is 0.243 e. The van der Waals surface area contributed by atoms with Crippen molar-refractivity contribution in [3.05, 3.63) is 35.9 Å². The van der Waals surface area contributed by atoms with Crippen molar-refractivity contribution in [2.24, 2.45) is 0 Å². The Morgan fingerprint density at radius 3 is 2.50 bits per heavy atom. The van der Waals surface area contributed by atoms with Crippen molar-refractivity contribution in [3.63, 3.8) is 0 Å². The van der Waals surface area contributed by atoms with Crippen LogP contribution >= 0.6 is 0 Å². The van der Waals surface area contributed by atoms with E-state index in [2.05, 4.69) is 4.72 Å². The molecule has 0 spiro atoms. The lowest BCUT2D eigenvalue weighted by molar-refractivity contribution is -0.189. The van der Waals surface area contributed by atoms with Gasteiger partial charge in [0, 0.05) is 13.5 Å². The fraction of sp³-hybridized carbons (Fsp3) is 0.462. The summed E-state index contributed by atoms with van der Waals surface area (Å²) in [5.74, 6) is -0.287. The molecule has 1 aromatic rings. The molecule has 6 nitrogen and oxygen atoms in total. The summed E-state index contributed by atoms with van der Waals surface area (Å²) in [6.07, 6.45) is 0.317. The summed E-state index contributed by atoms with van der Waals surface area (Å²) < 4.78 is 24.8. The summed E-state index contributed by atoms with van der Waals surface area (Å²) in [5, 5.41) is 1.19. The van der Waals surface area contributed by atoms with Gasteiger partial charge in [-0.2, -0.15) is 0 Å². The molecule has 0 bridgehead atoms. The van der Waals surface area contributed by atoms with Crippen LogP contribution < -0.4 is 4.72 Å². The Hall–Kier alpha value is -1.44. The second-order valence-electron chi connectivity index (χ2n) is 4.26. The number of nitrogens with one attached hydrogen (secondary N) is 1.